The van der Waals surface area contributed by atoms with Crippen LogP contribution >= 0.6 is 45.2 Å². The number of carbonyl (C=O) groups excluding carboxylic acids is 5. The average molecular weight is 755 g/mol. The van der Waals surface area contributed by atoms with Crippen molar-refractivity contribution in [2.24, 2.45) is 0 Å². The molecular formula is C24H39I2NO10. The number of unbranched alkanes of at least 4 members (excludes halogenated alkanes) is 2. The van der Waals surface area contributed by atoms with Crippen LogP contribution in [0.4, 0.5) is 0 Å². The van der Waals surface area contributed by atoms with Gasteiger partial charge in [0, 0.05) is 6.42 Å². The predicted molar refractivity (Wildman–Crippen MR) is 152 cm³/mol. The minimum absolute atomic E-state index is 0.0251. The van der Waals surface area contributed by atoms with Crippen molar-refractivity contribution >= 4 is 74.8 Å². The van der Waals surface area contributed by atoms with Gasteiger partial charge in [-0.2, -0.15) is 0 Å². The van der Waals surface area contributed by atoms with E-state index in [1.807, 2.05) is 45.2 Å². The molecule has 11 nitrogen and oxygen atoms in total. The minimum Gasteiger partial charge on any atom is -0.463 e. The molecule has 0 bridgehead atoms. The van der Waals surface area contributed by atoms with Crippen LogP contribution in [0.15, 0.2) is 0 Å². The van der Waals surface area contributed by atoms with Gasteiger partial charge in [-0.1, -0.05) is 58.0 Å². The SMILES string of the molecule is CC(C)OC(=O)CCC(=O)OCCOCCOCCOC(=O)[C@H](CCCCCC(=O)CI)NC(=O)CI. The van der Waals surface area contributed by atoms with Crippen LogP contribution in [-0.4, -0.2) is 90.2 Å². The van der Waals surface area contributed by atoms with Crippen LogP contribution < -0.4 is 5.32 Å². The summed E-state index contributed by atoms with van der Waals surface area (Å²) in [5.41, 5.74) is 0. The van der Waals surface area contributed by atoms with Crippen LogP contribution in [0.5, 0.6) is 0 Å². The molecule has 0 aliphatic rings. The number of ketones is 1. The lowest BCUT2D eigenvalue weighted by atomic mass is 10.1. The number of hydrogen-bond acceptors (Lipinski definition) is 10. The van der Waals surface area contributed by atoms with Gasteiger partial charge in [0.15, 0.2) is 0 Å². The molecule has 13 heteroatoms. The highest BCUT2D eigenvalue weighted by Gasteiger charge is 2.21. The Bertz CT molecular complexity index is 690. The summed E-state index contributed by atoms with van der Waals surface area (Å²) in [6.07, 6.45) is 2.93. The third-order valence-corrected chi connectivity index (χ3v) is 6.12. The molecule has 0 spiro atoms. The molecule has 37 heavy (non-hydrogen) atoms. The van der Waals surface area contributed by atoms with E-state index in [9.17, 15) is 24.0 Å². The summed E-state index contributed by atoms with van der Waals surface area (Å²) in [5.74, 6) is -1.48. The number of carbonyl (C=O) groups is 5. The molecule has 0 aromatic carbocycles. The number of halogens is 2. The Hall–Kier alpha value is -1.07. The van der Waals surface area contributed by atoms with Crippen LogP contribution in [0, 0.1) is 0 Å². The molecule has 0 saturated heterocycles. The van der Waals surface area contributed by atoms with Crippen LogP contribution in [0.25, 0.3) is 0 Å². The normalized spacial score (nSPS) is 11.6. The first-order valence-electron chi connectivity index (χ1n) is 12.3. The van der Waals surface area contributed by atoms with E-state index >= 15 is 0 Å². The number of rotatable bonds is 23. The number of amides is 1. The van der Waals surface area contributed by atoms with Crippen LogP contribution in [0.1, 0.15) is 58.8 Å². The number of Topliss-reactive ketones (excluding diaryl/α,β-unsaturated/α-hetero) is 1. The van der Waals surface area contributed by atoms with E-state index in [1.165, 1.54) is 0 Å². The lowest BCUT2D eigenvalue weighted by Gasteiger charge is -2.17. The van der Waals surface area contributed by atoms with Crippen LogP contribution in [0.3, 0.4) is 0 Å². The topological polar surface area (TPSA) is 144 Å². The van der Waals surface area contributed by atoms with E-state index in [4.69, 9.17) is 23.7 Å². The highest BCUT2D eigenvalue weighted by atomic mass is 127. The zero-order valence-electron chi connectivity index (χ0n) is 21.6. The maximum atomic E-state index is 12.4. The van der Waals surface area contributed by atoms with E-state index in [2.05, 4.69) is 5.32 Å². The molecule has 0 heterocycles. The fraction of sp³-hybridized carbons (Fsp3) is 0.792. The molecule has 0 aromatic heterocycles. The molecular weight excluding hydrogens is 716 g/mol. The van der Waals surface area contributed by atoms with Crippen molar-refractivity contribution in [3.05, 3.63) is 0 Å². The Morgan fingerprint density at radius 3 is 1.89 bits per heavy atom. The molecule has 0 saturated carbocycles. The van der Waals surface area contributed by atoms with Gasteiger partial charge in [0.2, 0.25) is 5.91 Å². The summed E-state index contributed by atoms with van der Waals surface area (Å²) in [6, 6.07) is -0.727. The van der Waals surface area contributed by atoms with E-state index in [0.29, 0.717) is 23.7 Å². The smallest absolute Gasteiger partial charge is 0.328 e. The second kappa shape index (κ2) is 24.0. The zero-order chi connectivity index (χ0) is 27.9. The van der Waals surface area contributed by atoms with Crippen LogP contribution in [0.2, 0.25) is 0 Å². The summed E-state index contributed by atoms with van der Waals surface area (Å²) in [4.78, 5) is 58.4. The Kier molecular flexibility index (Phi) is 23.3. The number of nitrogens with one attached hydrogen (secondary N) is 1. The molecule has 0 fully saturated rings. The third kappa shape index (κ3) is 22.6. The lowest BCUT2D eigenvalue weighted by Crippen LogP contribution is -2.42. The number of alkyl halides is 2. The Morgan fingerprint density at radius 1 is 0.703 bits per heavy atom. The maximum Gasteiger partial charge on any atom is 0.328 e. The molecule has 0 aliphatic carbocycles. The monoisotopic (exact) mass is 755 g/mol. The summed E-state index contributed by atoms with van der Waals surface area (Å²) in [5, 5.41) is 2.68. The zero-order valence-corrected chi connectivity index (χ0v) is 25.9. The molecule has 1 amide bonds. The van der Waals surface area contributed by atoms with Gasteiger partial charge in [-0.15, -0.1) is 0 Å². The van der Waals surface area contributed by atoms with Crippen LogP contribution in [-0.2, 0) is 47.7 Å². The molecule has 0 rings (SSSR count). The summed E-state index contributed by atoms with van der Waals surface area (Å²) < 4.78 is 26.5. The first-order valence-corrected chi connectivity index (χ1v) is 15.3. The van der Waals surface area contributed by atoms with Gasteiger partial charge < -0.3 is 29.0 Å². The molecule has 214 valence electrons. The Morgan fingerprint density at radius 2 is 1.30 bits per heavy atom. The van der Waals surface area contributed by atoms with Gasteiger partial charge >= 0.3 is 17.9 Å². The van der Waals surface area contributed by atoms with Crippen molar-refractivity contribution in [2.75, 3.05) is 48.5 Å². The molecule has 0 radical (unpaired) electrons. The molecule has 1 atom stereocenters. The van der Waals surface area contributed by atoms with Crippen molar-refractivity contribution in [1.29, 1.82) is 0 Å². The van der Waals surface area contributed by atoms with Crippen molar-refractivity contribution in [3.8, 4) is 0 Å². The summed E-state index contributed by atoms with van der Waals surface area (Å²) >= 11 is 3.97. The van der Waals surface area contributed by atoms with Crippen molar-refractivity contribution in [3.63, 3.8) is 0 Å². The van der Waals surface area contributed by atoms with Gasteiger partial charge in [0.25, 0.3) is 0 Å². The predicted octanol–water partition coefficient (Wildman–Crippen LogP) is 2.71. The van der Waals surface area contributed by atoms with Gasteiger partial charge in [-0.25, -0.2) is 4.79 Å². The van der Waals surface area contributed by atoms with Gasteiger partial charge in [-0.3, -0.25) is 19.2 Å². The second-order valence-electron chi connectivity index (χ2n) is 8.18. The molecule has 1 N–H and O–H groups in total. The Balaban J connectivity index is 3.88. The largest absolute Gasteiger partial charge is 0.463 e. The lowest BCUT2D eigenvalue weighted by molar-refractivity contribution is -0.153. The van der Waals surface area contributed by atoms with Gasteiger partial charge in [0.05, 0.1) is 54.2 Å². The highest BCUT2D eigenvalue weighted by molar-refractivity contribution is 14.1. The third-order valence-electron chi connectivity index (χ3n) is 4.57. The van der Waals surface area contributed by atoms with E-state index in [0.717, 1.165) is 12.8 Å². The average Bonchev–Trinajstić information content (AvgIpc) is 2.86. The van der Waals surface area contributed by atoms with Gasteiger partial charge in [0.1, 0.15) is 25.0 Å². The second-order valence-corrected chi connectivity index (χ2v) is 9.70. The summed E-state index contributed by atoms with van der Waals surface area (Å²) in [7, 11) is 0. The highest BCUT2D eigenvalue weighted by Crippen LogP contribution is 2.09. The first-order chi connectivity index (χ1) is 17.7. The van der Waals surface area contributed by atoms with Gasteiger partial charge in [-0.05, 0) is 26.7 Å². The maximum absolute atomic E-state index is 12.4. The molecule has 0 unspecified atom stereocenters. The fourth-order valence-corrected chi connectivity index (χ4v) is 3.43. The van der Waals surface area contributed by atoms with E-state index < -0.39 is 23.9 Å². The van der Waals surface area contributed by atoms with E-state index in [1.54, 1.807) is 13.8 Å². The minimum atomic E-state index is -0.727. The molecule has 0 aliphatic heterocycles. The summed E-state index contributed by atoms with van der Waals surface area (Å²) in [6.45, 7) is 4.45. The fourth-order valence-electron chi connectivity index (χ4n) is 2.83. The van der Waals surface area contributed by atoms with Crippen molar-refractivity contribution in [1.82, 2.24) is 5.32 Å². The number of ether oxygens (including phenoxy) is 5. The standard InChI is InChI=1S/C24H39I2NO10/c1-18(2)37-23(31)9-8-22(30)35-14-12-33-10-11-34-13-15-36-24(32)20(27-21(29)17-26)7-5-3-4-6-19(28)16-25/h18,20H,3-17H2,1-2H3,(H,27,29)/t20-/m0/s1. The molecule has 0 aromatic rings. The first kappa shape index (κ1) is 35.9. The van der Waals surface area contributed by atoms with Crippen molar-refractivity contribution in [2.45, 2.75) is 70.9 Å². The van der Waals surface area contributed by atoms with E-state index in [-0.39, 0.29) is 74.7 Å². The quantitative estimate of drug-likeness (QED) is 0.0544. The number of hydrogen-bond donors (Lipinski definition) is 1. The Labute approximate surface area is 246 Å². The van der Waals surface area contributed by atoms with Crippen molar-refractivity contribution < 1.29 is 47.7 Å². The number of esters is 3.